The quantitative estimate of drug-likeness (QED) is 0.351. The Hall–Kier alpha value is -3.76. The standard InChI is InChI=1S/C24H23N5O3S2/c1-15-7-5-8-16(2)22(15)29-34(30,31)21-11-19(13-26-23(21)32-4)27-17(3)20-14-33-24(28-20)18-9-6-10-25-12-18/h5-14,27,29H,3H2,1-2,4H3. The third-order valence-corrected chi connectivity index (χ3v) is 7.27. The molecule has 0 unspecified atom stereocenters. The number of rotatable bonds is 8. The summed E-state index contributed by atoms with van der Waals surface area (Å²) in [4.78, 5) is 12.8. The molecular formula is C24H23N5O3S2. The van der Waals surface area contributed by atoms with Crippen molar-refractivity contribution >= 4 is 38.4 Å². The van der Waals surface area contributed by atoms with Gasteiger partial charge in [-0.3, -0.25) is 9.71 Å². The molecule has 3 aromatic heterocycles. The first-order chi connectivity index (χ1) is 16.3. The number of methoxy groups -OCH3 is 1. The van der Waals surface area contributed by atoms with Crippen LogP contribution in [0.1, 0.15) is 16.8 Å². The van der Waals surface area contributed by atoms with Gasteiger partial charge in [-0.1, -0.05) is 24.8 Å². The third kappa shape index (κ3) is 4.92. The number of pyridine rings is 2. The van der Waals surface area contributed by atoms with Crippen molar-refractivity contribution in [1.82, 2.24) is 15.0 Å². The molecule has 3 heterocycles. The van der Waals surface area contributed by atoms with Crippen molar-refractivity contribution in [3.63, 3.8) is 0 Å². The fourth-order valence-electron chi connectivity index (χ4n) is 3.28. The van der Waals surface area contributed by atoms with E-state index in [0.29, 0.717) is 22.8 Å². The number of hydrogen-bond acceptors (Lipinski definition) is 8. The van der Waals surface area contributed by atoms with E-state index in [9.17, 15) is 8.42 Å². The topological polar surface area (TPSA) is 106 Å². The van der Waals surface area contributed by atoms with E-state index in [0.717, 1.165) is 21.7 Å². The molecule has 0 atom stereocenters. The normalized spacial score (nSPS) is 11.1. The molecule has 0 aliphatic rings. The highest BCUT2D eigenvalue weighted by Crippen LogP contribution is 2.31. The molecule has 2 N–H and O–H groups in total. The lowest BCUT2D eigenvalue weighted by Crippen LogP contribution is -2.16. The van der Waals surface area contributed by atoms with Crippen LogP contribution in [-0.2, 0) is 10.0 Å². The van der Waals surface area contributed by atoms with Gasteiger partial charge in [0.15, 0.2) is 4.90 Å². The van der Waals surface area contributed by atoms with Crippen molar-refractivity contribution in [1.29, 1.82) is 0 Å². The summed E-state index contributed by atoms with van der Waals surface area (Å²) in [6, 6.07) is 10.8. The van der Waals surface area contributed by atoms with Gasteiger partial charge in [0, 0.05) is 23.3 Å². The molecular weight excluding hydrogens is 470 g/mol. The fraction of sp³-hybridized carbons (Fsp3) is 0.125. The van der Waals surface area contributed by atoms with E-state index in [2.05, 4.69) is 31.6 Å². The van der Waals surface area contributed by atoms with Crippen molar-refractivity contribution in [2.24, 2.45) is 0 Å². The van der Waals surface area contributed by atoms with Crippen LogP contribution >= 0.6 is 11.3 Å². The minimum atomic E-state index is -3.98. The van der Waals surface area contributed by atoms with Gasteiger partial charge in [-0.05, 0) is 43.2 Å². The Bertz CT molecular complexity index is 1430. The maximum absolute atomic E-state index is 13.3. The predicted octanol–water partition coefficient (Wildman–Crippen LogP) is 5.11. The summed E-state index contributed by atoms with van der Waals surface area (Å²) in [5.74, 6) is -0.0116. The van der Waals surface area contributed by atoms with Gasteiger partial charge in [0.2, 0.25) is 5.88 Å². The van der Waals surface area contributed by atoms with E-state index in [1.54, 1.807) is 12.4 Å². The molecule has 174 valence electrons. The number of nitrogens with zero attached hydrogens (tertiary/aromatic N) is 3. The van der Waals surface area contributed by atoms with Crippen molar-refractivity contribution in [3.8, 4) is 16.5 Å². The van der Waals surface area contributed by atoms with Gasteiger partial charge >= 0.3 is 0 Å². The number of hydrogen-bond donors (Lipinski definition) is 2. The van der Waals surface area contributed by atoms with Gasteiger partial charge in [-0.15, -0.1) is 11.3 Å². The second-order valence-electron chi connectivity index (χ2n) is 7.49. The highest BCUT2D eigenvalue weighted by Gasteiger charge is 2.23. The Kier molecular flexibility index (Phi) is 6.62. The van der Waals surface area contributed by atoms with Gasteiger partial charge < -0.3 is 10.1 Å². The zero-order valence-electron chi connectivity index (χ0n) is 18.9. The summed E-state index contributed by atoms with van der Waals surface area (Å²) in [5, 5.41) is 5.77. The lowest BCUT2D eigenvalue weighted by atomic mass is 10.1. The molecule has 0 spiro atoms. The minimum Gasteiger partial charge on any atom is -0.480 e. The van der Waals surface area contributed by atoms with Crippen LogP contribution < -0.4 is 14.8 Å². The highest BCUT2D eigenvalue weighted by molar-refractivity contribution is 7.92. The van der Waals surface area contributed by atoms with E-state index >= 15 is 0 Å². The minimum absolute atomic E-state index is 0.0116. The SMILES string of the molecule is C=C(Nc1cnc(OC)c(S(=O)(=O)Nc2c(C)cccc2C)c1)c1csc(-c2cccnc2)n1. The first kappa shape index (κ1) is 23.4. The molecule has 0 radical (unpaired) electrons. The Balaban J connectivity index is 1.60. The smallest absolute Gasteiger partial charge is 0.267 e. The lowest BCUT2D eigenvalue weighted by molar-refractivity contribution is 0.385. The summed E-state index contributed by atoms with van der Waals surface area (Å²) in [6.45, 7) is 7.73. The van der Waals surface area contributed by atoms with Crippen LogP contribution in [0.3, 0.4) is 0 Å². The lowest BCUT2D eigenvalue weighted by Gasteiger charge is -2.16. The van der Waals surface area contributed by atoms with E-state index < -0.39 is 10.0 Å². The molecule has 8 nitrogen and oxygen atoms in total. The first-order valence-electron chi connectivity index (χ1n) is 10.2. The summed E-state index contributed by atoms with van der Waals surface area (Å²) < 4.78 is 34.4. The summed E-state index contributed by atoms with van der Waals surface area (Å²) in [5.41, 5.74) is 4.63. The molecule has 4 aromatic rings. The van der Waals surface area contributed by atoms with Crippen molar-refractivity contribution in [2.45, 2.75) is 18.7 Å². The Labute approximate surface area is 202 Å². The van der Waals surface area contributed by atoms with Crippen molar-refractivity contribution < 1.29 is 13.2 Å². The van der Waals surface area contributed by atoms with Crippen LogP contribution in [0.2, 0.25) is 0 Å². The number of aryl methyl sites for hydroxylation is 2. The molecule has 0 aliphatic carbocycles. The van der Waals surface area contributed by atoms with Gasteiger partial charge in [-0.2, -0.15) is 0 Å². The molecule has 0 saturated carbocycles. The number of ether oxygens (including phenoxy) is 1. The number of benzene rings is 1. The third-order valence-electron chi connectivity index (χ3n) is 5.04. The number of nitrogens with one attached hydrogen (secondary N) is 2. The van der Waals surface area contributed by atoms with Gasteiger partial charge in [0.25, 0.3) is 10.0 Å². The largest absolute Gasteiger partial charge is 0.480 e. The molecule has 1 aromatic carbocycles. The molecule has 0 bridgehead atoms. The second-order valence-corrected chi connectivity index (χ2v) is 10.00. The van der Waals surface area contributed by atoms with E-state index in [1.807, 2.05) is 49.6 Å². The number of aromatic nitrogens is 3. The molecule has 34 heavy (non-hydrogen) atoms. The predicted molar refractivity (Wildman–Crippen MR) is 136 cm³/mol. The van der Waals surface area contributed by atoms with Gasteiger partial charge in [-0.25, -0.2) is 18.4 Å². The monoisotopic (exact) mass is 493 g/mol. The van der Waals surface area contributed by atoms with E-state index in [4.69, 9.17) is 4.74 Å². The van der Waals surface area contributed by atoms with Crippen LogP contribution in [0.25, 0.3) is 16.3 Å². The van der Waals surface area contributed by atoms with Crippen LogP contribution in [0.15, 0.2) is 71.8 Å². The van der Waals surface area contributed by atoms with Crippen molar-refractivity contribution in [3.05, 3.63) is 83.8 Å². The Morgan fingerprint density at radius 1 is 1.12 bits per heavy atom. The van der Waals surface area contributed by atoms with E-state index in [-0.39, 0.29) is 10.8 Å². The Morgan fingerprint density at radius 3 is 2.56 bits per heavy atom. The molecule has 0 saturated heterocycles. The molecule has 0 amide bonds. The van der Waals surface area contributed by atoms with Crippen LogP contribution in [0, 0.1) is 13.8 Å². The zero-order valence-corrected chi connectivity index (χ0v) is 20.5. The highest BCUT2D eigenvalue weighted by atomic mass is 32.2. The maximum atomic E-state index is 13.3. The molecule has 0 aliphatic heterocycles. The summed E-state index contributed by atoms with van der Waals surface area (Å²) in [7, 11) is -2.61. The molecule has 4 rings (SSSR count). The maximum Gasteiger partial charge on any atom is 0.267 e. The zero-order chi connectivity index (χ0) is 24.3. The number of thiazole rings is 1. The van der Waals surface area contributed by atoms with Gasteiger partial charge in [0.05, 0.1) is 36.1 Å². The number of anilines is 2. The van der Waals surface area contributed by atoms with E-state index in [1.165, 1.54) is 30.7 Å². The Morgan fingerprint density at radius 2 is 1.88 bits per heavy atom. The number of para-hydroxylation sites is 1. The average molecular weight is 494 g/mol. The van der Waals surface area contributed by atoms with Crippen LogP contribution in [-0.4, -0.2) is 30.5 Å². The average Bonchev–Trinajstić information content (AvgIpc) is 3.33. The fourth-order valence-corrected chi connectivity index (χ4v) is 5.46. The summed E-state index contributed by atoms with van der Waals surface area (Å²) in [6.07, 6.45) is 4.93. The van der Waals surface area contributed by atoms with Crippen molar-refractivity contribution in [2.75, 3.05) is 17.1 Å². The summed E-state index contributed by atoms with van der Waals surface area (Å²) >= 11 is 1.47. The molecule has 10 heteroatoms. The van der Waals surface area contributed by atoms with Crippen LogP contribution in [0.4, 0.5) is 11.4 Å². The van der Waals surface area contributed by atoms with Crippen LogP contribution in [0.5, 0.6) is 5.88 Å². The molecule has 0 fully saturated rings. The van der Waals surface area contributed by atoms with Gasteiger partial charge in [0.1, 0.15) is 5.01 Å². The first-order valence-corrected chi connectivity index (χ1v) is 12.6. The number of sulfonamides is 1. The second kappa shape index (κ2) is 9.62.